The molecule has 0 aliphatic carbocycles. The molecular formula is C17H29NO2S. The van der Waals surface area contributed by atoms with E-state index in [4.69, 9.17) is 5.73 Å². The second-order valence-corrected chi connectivity index (χ2v) is 9.48. The fraction of sp³-hybridized carbons (Fsp3) is 0.647. The summed E-state index contributed by atoms with van der Waals surface area (Å²) in [4.78, 5) is 0. The van der Waals surface area contributed by atoms with Gasteiger partial charge in [-0.05, 0) is 54.4 Å². The van der Waals surface area contributed by atoms with E-state index in [0.29, 0.717) is 6.42 Å². The van der Waals surface area contributed by atoms with Gasteiger partial charge in [-0.3, -0.25) is 0 Å². The van der Waals surface area contributed by atoms with Crippen LogP contribution in [0.25, 0.3) is 0 Å². The number of nitrogens with two attached hydrogens (primary N) is 1. The van der Waals surface area contributed by atoms with Gasteiger partial charge in [-0.25, -0.2) is 8.42 Å². The van der Waals surface area contributed by atoms with E-state index in [0.717, 1.165) is 6.42 Å². The van der Waals surface area contributed by atoms with Crippen molar-refractivity contribution in [3.63, 3.8) is 0 Å². The number of sulfone groups is 1. The molecule has 0 heterocycles. The summed E-state index contributed by atoms with van der Waals surface area (Å²) in [5, 5.41) is 0. The number of benzene rings is 1. The molecule has 1 atom stereocenters. The van der Waals surface area contributed by atoms with Crippen LogP contribution in [0.1, 0.15) is 49.4 Å². The molecule has 0 bridgehead atoms. The van der Waals surface area contributed by atoms with Crippen molar-refractivity contribution in [3.05, 3.63) is 34.4 Å². The van der Waals surface area contributed by atoms with E-state index in [1.54, 1.807) is 0 Å². The number of aryl methyl sites for hydroxylation is 2. The summed E-state index contributed by atoms with van der Waals surface area (Å²) >= 11 is 0. The first-order chi connectivity index (χ1) is 9.40. The summed E-state index contributed by atoms with van der Waals surface area (Å²) in [7, 11) is -2.94. The Bertz CT molecular complexity index is 575. The molecule has 0 aliphatic rings. The molecule has 0 spiro atoms. The predicted octanol–water partition coefficient (Wildman–Crippen LogP) is 2.91. The zero-order chi connectivity index (χ0) is 16.4. The number of hydrogen-bond acceptors (Lipinski definition) is 3. The monoisotopic (exact) mass is 311 g/mol. The molecule has 0 aliphatic heterocycles. The molecule has 1 aromatic rings. The zero-order valence-corrected chi connectivity index (χ0v) is 15.0. The molecule has 0 amide bonds. The van der Waals surface area contributed by atoms with Gasteiger partial charge in [0.1, 0.15) is 9.84 Å². The van der Waals surface area contributed by atoms with Gasteiger partial charge in [0.2, 0.25) is 0 Å². The minimum absolute atomic E-state index is 0.113. The second kappa shape index (κ2) is 6.49. The normalized spacial score (nSPS) is 14.2. The van der Waals surface area contributed by atoms with Gasteiger partial charge >= 0.3 is 0 Å². The topological polar surface area (TPSA) is 60.2 Å². The van der Waals surface area contributed by atoms with Crippen LogP contribution in [0.3, 0.4) is 0 Å². The number of hydrogen-bond donors (Lipinski definition) is 1. The van der Waals surface area contributed by atoms with Gasteiger partial charge in [-0.1, -0.05) is 32.9 Å². The molecule has 0 saturated carbocycles. The Hall–Kier alpha value is -0.870. The molecule has 0 aromatic heterocycles. The molecule has 0 saturated heterocycles. The maximum absolute atomic E-state index is 11.2. The molecule has 3 nitrogen and oxygen atoms in total. The van der Waals surface area contributed by atoms with Crippen LogP contribution in [0.2, 0.25) is 0 Å². The first-order valence-corrected chi connectivity index (χ1v) is 9.50. The third-order valence-electron chi connectivity index (χ3n) is 3.89. The van der Waals surface area contributed by atoms with Gasteiger partial charge in [-0.2, -0.15) is 0 Å². The Morgan fingerprint density at radius 3 is 2.00 bits per heavy atom. The van der Waals surface area contributed by atoms with Crippen LogP contribution < -0.4 is 5.73 Å². The van der Waals surface area contributed by atoms with E-state index in [1.807, 2.05) is 0 Å². The van der Waals surface area contributed by atoms with E-state index in [9.17, 15) is 8.42 Å². The van der Waals surface area contributed by atoms with Crippen molar-refractivity contribution in [2.24, 2.45) is 5.73 Å². The highest BCUT2D eigenvalue weighted by Gasteiger charge is 2.17. The molecule has 1 unspecified atom stereocenters. The fourth-order valence-electron chi connectivity index (χ4n) is 2.48. The number of rotatable bonds is 5. The van der Waals surface area contributed by atoms with Crippen molar-refractivity contribution in [1.29, 1.82) is 0 Å². The molecule has 0 fully saturated rings. The van der Waals surface area contributed by atoms with E-state index in [2.05, 4.69) is 46.8 Å². The van der Waals surface area contributed by atoms with Crippen molar-refractivity contribution >= 4 is 9.84 Å². The molecule has 21 heavy (non-hydrogen) atoms. The van der Waals surface area contributed by atoms with E-state index < -0.39 is 9.84 Å². The van der Waals surface area contributed by atoms with Gasteiger partial charge in [-0.15, -0.1) is 0 Å². The SMILES string of the molecule is Cc1cc(C(C)(C)C)cc(C)c1CC(N)CCS(C)(=O)=O. The van der Waals surface area contributed by atoms with Crippen molar-refractivity contribution in [1.82, 2.24) is 0 Å². The summed E-state index contributed by atoms with van der Waals surface area (Å²) in [6, 6.07) is 4.34. The lowest BCUT2D eigenvalue weighted by atomic mass is 9.83. The van der Waals surface area contributed by atoms with Crippen LogP contribution in [0.4, 0.5) is 0 Å². The maximum atomic E-state index is 11.2. The highest BCUT2D eigenvalue weighted by Crippen LogP contribution is 2.27. The predicted molar refractivity (Wildman–Crippen MR) is 90.6 cm³/mol. The Kier molecular flexibility index (Phi) is 5.62. The van der Waals surface area contributed by atoms with Crippen molar-refractivity contribution < 1.29 is 8.42 Å². The van der Waals surface area contributed by atoms with E-state index in [-0.39, 0.29) is 17.2 Å². The van der Waals surface area contributed by atoms with Crippen molar-refractivity contribution in [2.45, 2.75) is 58.9 Å². The van der Waals surface area contributed by atoms with Gasteiger partial charge in [0.25, 0.3) is 0 Å². The minimum Gasteiger partial charge on any atom is -0.327 e. The van der Waals surface area contributed by atoms with Crippen LogP contribution in [-0.2, 0) is 21.7 Å². The summed E-state index contributed by atoms with van der Waals surface area (Å²) in [5.74, 6) is 0.159. The van der Waals surface area contributed by atoms with E-state index in [1.165, 1.54) is 28.5 Å². The van der Waals surface area contributed by atoms with Crippen LogP contribution >= 0.6 is 0 Å². The minimum atomic E-state index is -2.94. The fourth-order valence-corrected chi connectivity index (χ4v) is 3.21. The largest absolute Gasteiger partial charge is 0.327 e. The molecule has 1 aromatic carbocycles. The quantitative estimate of drug-likeness (QED) is 0.909. The third kappa shape index (κ3) is 5.79. The summed E-state index contributed by atoms with van der Waals surface area (Å²) in [6.07, 6.45) is 2.50. The first-order valence-electron chi connectivity index (χ1n) is 7.44. The lowest BCUT2D eigenvalue weighted by Gasteiger charge is -2.23. The zero-order valence-electron chi connectivity index (χ0n) is 14.2. The molecule has 120 valence electrons. The van der Waals surface area contributed by atoms with E-state index >= 15 is 0 Å². The highest BCUT2D eigenvalue weighted by molar-refractivity contribution is 7.90. The smallest absolute Gasteiger partial charge is 0.147 e. The summed E-state index contributed by atoms with van der Waals surface area (Å²) in [6.45, 7) is 10.8. The van der Waals surface area contributed by atoms with Crippen LogP contribution in [0.5, 0.6) is 0 Å². The molecular weight excluding hydrogens is 282 g/mol. The Morgan fingerprint density at radius 1 is 1.14 bits per heavy atom. The van der Waals surface area contributed by atoms with Crippen molar-refractivity contribution in [3.8, 4) is 0 Å². The lowest BCUT2D eigenvalue weighted by Crippen LogP contribution is -2.27. The van der Waals surface area contributed by atoms with Crippen LogP contribution in [0.15, 0.2) is 12.1 Å². The molecule has 1 rings (SSSR count). The van der Waals surface area contributed by atoms with Gasteiger partial charge < -0.3 is 5.73 Å². The standard InChI is InChI=1S/C17H29NO2S/c1-12-9-14(17(3,4)5)10-13(2)16(12)11-15(18)7-8-21(6,19)20/h9-10,15H,7-8,11,18H2,1-6H3. The summed E-state index contributed by atoms with van der Waals surface area (Å²) in [5.41, 5.74) is 11.3. The molecule has 4 heteroatoms. The van der Waals surface area contributed by atoms with Crippen molar-refractivity contribution in [2.75, 3.05) is 12.0 Å². The Labute approximate surface area is 129 Å². The van der Waals surface area contributed by atoms with Crippen LogP contribution in [-0.4, -0.2) is 26.5 Å². The Morgan fingerprint density at radius 2 is 1.62 bits per heavy atom. The highest BCUT2D eigenvalue weighted by atomic mass is 32.2. The van der Waals surface area contributed by atoms with Gasteiger partial charge in [0.15, 0.2) is 0 Å². The lowest BCUT2D eigenvalue weighted by molar-refractivity contribution is 0.581. The van der Waals surface area contributed by atoms with Gasteiger partial charge in [0, 0.05) is 12.3 Å². The average molecular weight is 311 g/mol. The molecule has 2 N–H and O–H groups in total. The van der Waals surface area contributed by atoms with Gasteiger partial charge in [0.05, 0.1) is 5.75 Å². The average Bonchev–Trinajstić information content (AvgIpc) is 2.29. The maximum Gasteiger partial charge on any atom is 0.147 e. The second-order valence-electron chi connectivity index (χ2n) is 7.22. The first kappa shape index (κ1) is 18.2. The Balaban J connectivity index is 2.90. The van der Waals surface area contributed by atoms with Crippen LogP contribution in [0, 0.1) is 13.8 Å². The summed E-state index contributed by atoms with van der Waals surface area (Å²) < 4.78 is 22.4. The third-order valence-corrected chi connectivity index (χ3v) is 4.87. The molecule has 0 radical (unpaired) electrons.